The first-order valence-electron chi connectivity index (χ1n) is 9.35. The van der Waals surface area contributed by atoms with Crippen LogP contribution in [0.25, 0.3) is 0 Å². The normalized spacial score (nSPS) is 20.2. The lowest BCUT2D eigenvalue weighted by Crippen LogP contribution is -2.27. The molecule has 1 atom stereocenters. The van der Waals surface area contributed by atoms with Gasteiger partial charge in [0.1, 0.15) is 0 Å². The van der Waals surface area contributed by atoms with Crippen LogP contribution >= 0.6 is 0 Å². The summed E-state index contributed by atoms with van der Waals surface area (Å²) in [5, 5.41) is 0. The molecule has 1 rings (SSSR count). The quantitative estimate of drug-likeness (QED) is 0.524. The number of hydrogen-bond acceptors (Lipinski definition) is 3. The lowest BCUT2D eigenvalue weighted by molar-refractivity contribution is -0.00706. The SMILES string of the molecule is CC(C)CCCCCOC1CCN(CCCOC(C)(C)C)C1. The van der Waals surface area contributed by atoms with E-state index in [9.17, 15) is 0 Å². The smallest absolute Gasteiger partial charge is 0.0714 e. The standard InChI is InChI=1S/C19H39NO2/c1-17(2)10-7-6-8-14-21-18-11-13-20(16-18)12-9-15-22-19(3,4)5/h17-18H,6-16H2,1-5H3. The molecule has 0 aromatic rings. The topological polar surface area (TPSA) is 21.7 Å². The fourth-order valence-electron chi connectivity index (χ4n) is 2.88. The summed E-state index contributed by atoms with van der Waals surface area (Å²) >= 11 is 0. The Balaban J connectivity index is 1.95. The van der Waals surface area contributed by atoms with Crippen LogP contribution < -0.4 is 0 Å². The van der Waals surface area contributed by atoms with Crippen molar-refractivity contribution < 1.29 is 9.47 Å². The Morgan fingerprint density at radius 2 is 1.82 bits per heavy atom. The fourth-order valence-corrected chi connectivity index (χ4v) is 2.88. The van der Waals surface area contributed by atoms with E-state index in [0.29, 0.717) is 6.10 Å². The van der Waals surface area contributed by atoms with Crippen LogP contribution in [0.3, 0.4) is 0 Å². The first-order chi connectivity index (χ1) is 10.4. The van der Waals surface area contributed by atoms with Gasteiger partial charge in [-0.1, -0.05) is 33.1 Å². The highest BCUT2D eigenvalue weighted by Crippen LogP contribution is 2.15. The maximum atomic E-state index is 6.03. The fraction of sp³-hybridized carbons (Fsp3) is 1.00. The molecule has 1 aliphatic heterocycles. The third kappa shape index (κ3) is 10.6. The molecule has 1 saturated heterocycles. The van der Waals surface area contributed by atoms with Crippen molar-refractivity contribution in [3.05, 3.63) is 0 Å². The Kier molecular flexibility index (Phi) is 9.62. The van der Waals surface area contributed by atoms with E-state index in [1.165, 1.54) is 38.6 Å². The molecule has 1 heterocycles. The van der Waals surface area contributed by atoms with Crippen LogP contribution in [0.4, 0.5) is 0 Å². The first kappa shape index (κ1) is 19.9. The molecule has 1 aliphatic rings. The summed E-state index contributed by atoms with van der Waals surface area (Å²) < 4.78 is 11.8. The molecule has 0 aliphatic carbocycles. The van der Waals surface area contributed by atoms with Gasteiger partial charge < -0.3 is 14.4 Å². The number of ether oxygens (including phenoxy) is 2. The summed E-state index contributed by atoms with van der Waals surface area (Å²) in [6.45, 7) is 16.2. The Morgan fingerprint density at radius 1 is 1.05 bits per heavy atom. The van der Waals surface area contributed by atoms with E-state index in [1.807, 2.05) is 0 Å². The molecule has 3 heteroatoms. The Hall–Kier alpha value is -0.120. The zero-order valence-corrected chi connectivity index (χ0v) is 15.7. The molecule has 0 aromatic carbocycles. The predicted octanol–water partition coefficient (Wildman–Crippen LogP) is 4.50. The van der Waals surface area contributed by atoms with E-state index in [0.717, 1.165) is 38.6 Å². The molecule has 1 unspecified atom stereocenters. The average Bonchev–Trinajstić information content (AvgIpc) is 2.85. The molecule has 0 N–H and O–H groups in total. The molecule has 22 heavy (non-hydrogen) atoms. The molecular formula is C19H39NO2. The minimum Gasteiger partial charge on any atom is -0.377 e. The van der Waals surface area contributed by atoms with Gasteiger partial charge in [0, 0.05) is 32.8 Å². The van der Waals surface area contributed by atoms with Gasteiger partial charge in [0.05, 0.1) is 11.7 Å². The zero-order valence-electron chi connectivity index (χ0n) is 15.7. The summed E-state index contributed by atoms with van der Waals surface area (Å²) in [7, 11) is 0. The highest BCUT2D eigenvalue weighted by atomic mass is 16.5. The van der Waals surface area contributed by atoms with Gasteiger partial charge in [-0.2, -0.15) is 0 Å². The number of nitrogens with zero attached hydrogens (tertiary/aromatic N) is 1. The molecule has 0 radical (unpaired) electrons. The molecule has 132 valence electrons. The van der Waals surface area contributed by atoms with Crippen molar-refractivity contribution in [2.75, 3.05) is 32.8 Å². The van der Waals surface area contributed by atoms with E-state index in [2.05, 4.69) is 39.5 Å². The van der Waals surface area contributed by atoms with Gasteiger partial charge in [0.15, 0.2) is 0 Å². The van der Waals surface area contributed by atoms with E-state index >= 15 is 0 Å². The summed E-state index contributed by atoms with van der Waals surface area (Å²) in [5.74, 6) is 0.839. The molecule has 0 amide bonds. The summed E-state index contributed by atoms with van der Waals surface area (Å²) in [4.78, 5) is 2.52. The average molecular weight is 314 g/mol. The molecule has 0 spiro atoms. The predicted molar refractivity (Wildman–Crippen MR) is 94.4 cm³/mol. The summed E-state index contributed by atoms with van der Waals surface area (Å²) in [6.07, 6.45) is 8.04. The van der Waals surface area contributed by atoms with Gasteiger partial charge in [-0.05, 0) is 46.0 Å². The van der Waals surface area contributed by atoms with E-state index in [1.54, 1.807) is 0 Å². The van der Waals surface area contributed by atoms with Gasteiger partial charge in [0.2, 0.25) is 0 Å². The van der Waals surface area contributed by atoms with Crippen molar-refractivity contribution >= 4 is 0 Å². The Bertz CT molecular complexity index is 273. The van der Waals surface area contributed by atoms with E-state index < -0.39 is 0 Å². The molecule has 0 saturated carbocycles. The second-order valence-corrected chi connectivity index (χ2v) is 8.14. The molecule has 1 fully saturated rings. The van der Waals surface area contributed by atoms with Gasteiger partial charge in [-0.25, -0.2) is 0 Å². The van der Waals surface area contributed by atoms with Crippen molar-refractivity contribution in [2.24, 2.45) is 5.92 Å². The lowest BCUT2D eigenvalue weighted by Gasteiger charge is -2.21. The van der Waals surface area contributed by atoms with Gasteiger partial charge in [-0.3, -0.25) is 0 Å². The Morgan fingerprint density at radius 3 is 2.50 bits per heavy atom. The van der Waals surface area contributed by atoms with Crippen molar-refractivity contribution in [3.63, 3.8) is 0 Å². The molecular weight excluding hydrogens is 274 g/mol. The maximum Gasteiger partial charge on any atom is 0.0714 e. The van der Waals surface area contributed by atoms with Crippen molar-refractivity contribution in [2.45, 2.75) is 84.8 Å². The van der Waals surface area contributed by atoms with Crippen molar-refractivity contribution in [3.8, 4) is 0 Å². The zero-order chi connectivity index (χ0) is 16.4. The van der Waals surface area contributed by atoms with Crippen molar-refractivity contribution in [1.29, 1.82) is 0 Å². The van der Waals surface area contributed by atoms with Crippen LogP contribution in [0.2, 0.25) is 0 Å². The largest absolute Gasteiger partial charge is 0.377 e. The van der Waals surface area contributed by atoms with E-state index in [4.69, 9.17) is 9.47 Å². The number of rotatable bonds is 11. The Labute approximate surface area is 138 Å². The molecule has 3 nitrogen and oxygen atoms in total. The minimum atomic E-state index is -0.00771. The van der Waals surface area contributed by atoms with Gasteiger partial charge in [-0.15, -0.1) is 0 Å². The third-order valence-electron chi connectivity index (χ3n) is 4.16. The minimum absolute atomic E-state index is 0.00771. The monoisotopic (exact) mass is 313 g/mol. The lowest BCUT2D eigenvalue weighted by atomic mass is 10.1. The highest BCUT2D eigenvalue weighted by Gasteiger charge is 2.22. The number of likely N-dealkylation sites (tertiary alicyclic amines) is 1. The number of unbranched alkanes of at least 4 members (excludes halogenated alkanes) is 2. The van der Waals surface area contributed by atoms with Crippen LogP contribution in [0.1, 0.15) is 73.1 Å². The maximum absolute atomic E-state index is 6.03. The van der Waals surface area contributed by atoms with Crippen molar-refractivity contribution in [1.82, 2.24) is 4.90 Å². The van der Waals surface area contributed by atoms with E-state index in [-0.39, 0.29) is 5.60 Å². The third-order valence-corrected chi connectivity index (χ3v) is 4.16. The van der Waals surface area contributed by atoms with Crippen LogP contribution in [0.15, 0.2) is 0 Å². The first-order valence-corrected chi connectivity index (χ1v) is 9.35. The summed E-state index contributed by atoms with van der Waals surface area (Å²) in [5.41, 5.74) is -0.00771. The molecule has 0 aromatic heterocycles. The highest BCUT2D eigenvalue weighted by molar-refractivity contribution is 4.76. The van der Waals surface area contributed by atoms with Crippen LogP contribution in [-0.2, 0) is 9.47 Å². The van der Waals surface area contributed by atoms with Crippen LogP contribution in [0.5, 0.6) is 0 Å². The van der Waals surface area contributed by atoms with Crippen LogP contribution in [-0.4, -0.2) is 49.5 Å². The molecule has 0 bridgehead atoms. The summed E-state index contributed by atoms with van der Waals surface area (Å²) in [6, 6.07) is 0. The van der Waals surface area contributed by atoms with Gasteiger partial charge in [0.25, 0.3) is 0 Å². The number of hydrogen-bond donors (Lipinski definition) is 0. The van der Waals surface area contributed by atoms with Crippen LogP contribution in [0, 0.1) is 5.92 Å². The second-order valence-electron chi connectivity index (χ2n) is 8.14. The second kappa shape index (κ2) is 10.6. The van der Waals surface area contributed by atoms with Gasteiger partial charge >= 0.3 is 0 Å².